The largest absolute Gasteiger partial charge is 0.357 e. The first-order valence-corrected chi connectivity index (χ1v) is 9.64. The molecule has 0 fully saturated rings. The fraction of sp³-hybridized carbons (Fsp3) is 0.333. The third kappa shape index (κ3) is 2.66. The van der Waals surface area contributed by atoms with Gasteiger partial charge in [-0.05, 0) is 43.9 Å². The highest BCUT2D eigenvalue weighted by Gasteiger charge is 2.24. The quantitative estimate of drug-likeness (QED) is 0.598. The first-order valence-electron chi connectivity index (χ1n) is 9.64. The molecule has 0 atom stereocenters. The number of nitrogens with one attached hydrogen (secondary N) is 1. The van der Waals surface area contributed by atoms with Crippen molar-refractivity contribution in [3.8, 4) is 0 Å². The Morgan fingerprint density at radius 3 is 3.00 bits per heavy atom. The fourth-order valence-corrected chi connectivity index (χ4v) is 4.31. The second-order valence-electron chi connectivity index (χ2n) is 7.43. The molecule has 28 heavy (non-hydrogen) atoms. The summed E-state index contributed by atoms with van der Waals surface area (Å²) in [6.45, 7) is 5.40. The molecule has 7 nitrogen and oxygen atoms in total. The average Bonchev–Trinajstić information content (AvgIpc) is 3.31. The van der Waals surface area contributed by atoms with Crippen molar-refractivity contribution in [2.45, 2.75) is 39.7 Å². The van der Waals surface area contributed by atoms with E-state index >= 15 is 0 Å². The van der Waals surface area contributed by atoms with Gasteiger partial charge in [0.05, 0.1) is 6.54 Å². The van der Waals surface area contributed by atoms with Gasteiger partial charge in [0.25, 0.3) is 5.78 Å². The van der Waals surface area contributed by atoms with Gasteiger partial charge in [-0.25, -0.2) is 9.50 Å². The van der Waals surface area contributed by atoms with Crippen LogP contribution in [0.2, 0.25) is 0 Å². The smallest absolute Gasteiger partial charge is 0.252 e. The standard InChI is InChI=1S/C21H22N6O/c1-13-15(14(2)27-21(24-13)22-12-23-27)7-8-20(28)26-10-9-17-16-5-3-4-6-18(16)25-19(17)11-26/h3-6,12,25H,7-11H2,1-2H3. The molecule has 0 radical (unpaired) electrons. The first-order chi connectivity index (χ1) is 13.6. The van der Waals surface area contributed by atoms with Crippen LogP contribution in [0.3, 0.4) is 0 Å². The molecule has 5 rings (SSSR count). The van der Waals surface area contributed by atoms with Gasteiger partial charge in [-0.15, -0.1) is 0 Å². The molecule has 0 saturated heterocycles. The minimum atomic E-state index is 0.182. The Hall–Kier alpha value is -3.22. The summed E-state index contributed by atoms with van der Waals surface area (Å²) < 4.78 is 1.74. The normalized spacial score (nSPS) is 14.0. The molecular weight excluding hydrogens is 352 g/mol. The highest BCUT2D eigenvalue weighted by Crippen LogP contribution is 2.28. The molecule has 3 aromatic heterocycles. The maximum Gasteiger partial charge on any atom is 0.252 e. The Kier molecular flexibility index (Phi) is 3.89. The first kappa shape index (κ1) is 16.9. The molecule has 4 aromatic rings. The van der Waals surface area contributed by atoms with E-state index in [-0.39, 0.29) is 5.91 Å². The van der Waals surface area contributed by atoms with Crippen molar-refractivity contribution >= 4 is 22.6 Å². The molecule has 4 heterocycles. The summed E-state index contributed by atoms with van der Waals surface area (Å²) in [4.78, 5) is 27.0. The van der Waals surface area contributed by atoms with Crippen molar-refractivity contribution < 1.29 is 4.79 Å². The van der Waals surface area contributed by atoms with E-state index in [1.807, 2.05) is 24.8 Å². The van der Waals surface area contributed by atoms with Gasteiger partial charge in [0, 0.05) is 41.0 Å². The zero-order valence-electron chi connectivity index (χ0n) is 16.1. The number of amides is 1. The summed E-state index contributed by atoms with van der Waals surface area (Å²) in [5.74, 6) is 0.786. The number of aromatic nitrogens is 5. The van der Waals surface area contributed by atoms with Crippen LogP contribution in [0.4, 0.5) is 0 Å². The third-order valence-corrected chi connectivity index (χ3v) is 5.81. The molecule has 0 spiro atoms. The lowest BCUT2D eigenvalue weighted by atomic mass is 10.0. The Bertz CT molecular complexity index is 1200. The van der Waals surface area contributed by atoms with Crippen LogP contribution >= 0.6 is 0 Å². The zero-order valence-corrected chi connectivity index (χ0v) is 16.1. The van der Waals surface area contributed by atoms with E-state index in [0.717, 1.165) is 35.4 Å². The van der Waals surface area contributed by atoms with Gasteiger partial charge in [0.1, 0.15) is 6.33 Å². The van der Waals surface area contributed by atoms with E-state index in [0.29, 0.717) is 25.2 Å². The lowest BCUT2D eigenvalue weighted by molar-refractivity contribution is -0.132. The predicted molar refractivity (Wildman–Crippen MR) is 106 cm³/mol. The molecule has 7 heteroatoms. The van der Waals surface area contributed by atoms with E-state index in [2.05, 4.69) is 38.2 Å². The Balaban J connectivity index is 1.33. The van der Waals surface area contributed by atoms with Crippen molar-refractivity contribution in [2.75, 3.05) is 6.54 Å². The Morgan fingerprint density at radius 1 is 1.25 bits per heavy atom. The van der Waals surface area contributed by atoms with Crippen molar-refractivity contribution in [3.63, 3.8) is 0 Å². The molecule has 1 aliphatic heterocycles. The molecule has 1 aromatic carbocycles. The maximum atomic E-state index is 12.9. The van der Waals surface area contributed by atoms with E-state index < -0.39 is 0 Å². The van der Waals surface area contributed by atoms with E-state index in [4.69, 9.17) is 0 Å². The summed E-state index contributed by atoms with van der Waals surface area (Å²) >= 11 is 0. The number of carbonyl (C=O) groups excluding carboxylic acids is 1. The van der Waals surface area contributed by atoms with Crippen LogP contribution < -0.4 is 0 Å². The van der Waals surface area contributed by atoms with E-state index in [1.54, 1.807) is 4.52 Å². The number of para-hydroxylation sites is 1. The summed E-state index contributed by atoms with van der Waals surface area (Å²) in [6, 6.07) is 8.36. The van der Waals surface area contributed by atoms with Crippen molar-refractivity contribution in [3.05, 3.63) is 58.8 Å². The second-order valence-corrected chi connectivity index (χ2v) is 7.43. The number of carbonyl (C=O) groups is 1. The number of fused-ring (bicyclic) bond motifs is 4. The van der Waals surface area contributed by atoms with Gasteiger partial charge in [0.2, 0.25) is 5.91 Å². The van der Waals surface area contributed by atoms with Crippen LogP contribution in [0.5, 0.6) is 0 Å². The maximum absolute atomic E-state index is 12.9. The van der Waals surface area contributed by atoms with Crippen LogP contribution in [0.1, 0.15) is 34.6 Å². The van der Waals surface area contributed by atoms with Crippen molar-refractivity contribution in [1.82, 2.24) is 29.5 Å². The molecule has 0 saturated carbocycles. The van der Waals surface area contributed by atoms with Gasteiger partial charge in [-0.1, -0.05) is 18.2 Å². The molecule has 142 valence electrons. The van der Waals surface area contributed by atoms with Gasteiger partial charge >= 0.3 is 0 Å². The molecule has 0 bridgehead atoms. The monoisotopic (exact) mass is 374 g/mol. The summed E-state index contributed by atoms with van der Waals surface area (Å²) in [6.07, 6.45) is 3.54. The minimum Gasteiger partial charge on any atom is -0.357 e. The molecule has 1 aliphatic rings. The lowest BCUT2D eigenvalue weighted by Gasteiger charge is -2.27. The third-order valence-electron chi connectivity index (χ3n) is 5.81. The minimum absolute atomic E-state index is 0.182. The van der Waals surface area contributed by atoms with Crippen LogP contribution in [0.15, 0.2) is 30.6 Å². The number of hydrogen-bond acceptors (Lipinski definition) is 4. The summed E-state index contributed by atoms with van der Waals surface area (Å²) in [5.41, 5.74) is 6.67. The highest BCUT2D eigenvalue weighted by atomic mass is 16.2. The Morgan fingerprint density at radius 2 is 2.11 bits per heavy atom. The number of aromatic amines is 1. The van der Waals surface area contributed by atoms with E-state index in [1.165, 1.54) is 23.0 Å². The van der Waals surface area contributed by atoms with Crippen LogP contribution in [-0.2, 0) is 24.2 Å². The number of hydrogen-bond donors (Lipinski definition) is 1. The number of rotatable bonds is 3. The fourth-order valence-electron chi connectivity index (χ4n) is 4.31. The molecule has 0 aliphatic carbocycles. The number of benzene rings is 1. The summed E-state index contributed by atoms with van der Waals surface area (Å²) in [5, 5.41) is 5.51. The van der Waals surface area contributed by atoms with Gasteiger partial charge in [-0.2, -0.15) is 10.1 Å². The molecular formula is C21H22N6O. The SMILES string of the molecule is Cc1nc2ncnn2c(C)c1CCC(=O)N1CCc2c([nH]c3ccccc23)C1. The zero-order chi connectivity index (χ0) is 19.3. The van der Waals surface area contributed by atoms with Gasteiger partial charge in [-0.3, -0.25) is 4.79 Å². The lowest BCUT2D eigenvalue weighted by Crippen LogP contribution is -2.36. The van der Waals surface area contributed by atoms with Crippen molar-refractivity contribution in [1.29, 1.82) is 0 Å². The number of nitrogens with zero attached hydrogens (tertiary/aromatic N) is 5. The average molecular weight is 374 g/mol. The van der Waals surface area contributed by atoms with Crippen LogP contribution in [0, 0.1) is 13.8 Å². The molecule has 1 amide bonds. The van der Waals surface area contributed by atoms with Crippen LogP contribution in [-0.4, -0.2) is 41.9 Å². The Labute approximate surface area is 162 Å². The van der Waals surface area contributed by atoms with E-state index in [9.17, 15) is 4.79 Å². The number of aryl methyl sites for hydroxylation is 2. The topological polar surface area (TPSA) is 79.2 Å². The van der Waals surface area contributed by atoms with Crippen LogP contribution in [0.25, 0.3) is 16.7 Å². The molecule has 0 unspecified atom stereocenters. The number of H-pyrrole nitrogens is 1. The highest BCUT2D eigenvalue weighted by molar-refractivity contribution is 5.85. The van der Waals surface area contributed by atoms with Crippen molar-refractivity contribution in [2.24, 2.45) is 0 Å². The van der Waals surface area contributed by atoms with Gasteiger partial charge in [0.15, 0.2) is 0 Å². The predicted octanol–water partition coefficient (Wildman–Crippen LogP) is 2.74. The second kappa shape index (κ2) is 6.44. The van der Waals surface area contributed by atoms with Gasteiger partial charge < -0.3 is 9.88 Å². The molecule has 1 N–H and O–H groups in total. The summed E-state index contributed by atoms with van der Waals surface area (Å²) in [7, 11) is 0.